The Morgan fingerprint density at radius 3 is 2.40 bits per heavy atom. The van der Waals surface area contributed by atoms with Crippen LogP contribution in [0.2, 0.25) is 0 Å². The van der Waals surface area contributed by atoms with Crippen LogP contribution in [0, 0.1) is 5.82 Å². The highest BCUT2D eigenvalue weighted by Crippen LogP contribution is 2.37. The Labute approximate surface area is 146 Å². The van der Waals surface area contributed by atoms with Crippen LogP contribution < -0.4 is 5.32 Å². The maximum Gasteiger partial charge on any atom is 0.222 e. The van der Waals surface area contributed by atoms with Crippen molar-refractivity contribution in [3.8, 4) is 0 Å². The molecule has 1 aliphatic heterocycles. The molecule has 0 amide bonds. The van der Waals surface area contributed by atoms with Crippen molar-refractivity contribution in [1.82, 2.24) is 14.8 Å². The molecule has 128 valence electrons. The first-order valence-electron chi connectivity index (χ1n) is 8.63. The fourth-order valence-electron chi connectivity index (χ4n) is 3.41. The molecule has 0 saturated heterocycles. The maximum absolute atomic E-state index is 13.2. The van der Waals surface area contributed by atoms with Gasteiger partial charge in [0.25, 0.3) is 0 Å². The van der Waals surface area contributed by atoms with Gasteiger partial charge in [-0.2, -0.15) is 10.1 Å². The number of fused-ring (bicyclic) bond motifs is 1. The number of hydrogen-bond donors (Lipinski definition) is 1. The lowest BCUT2D eigenvalue weighted by Gasteiger charge is -2.32. The Hall–Kier alpha value is -2.69. The van der Waals surface area contributed by atoms with Crippen molar-refractivity contribution in [2.45, 2.75) is 38.3 Å². The Balaban J connectivity index is 1.68. The predicted octanol–water partition coefficient (Wildman–Crippen LogP) is 4.69. The van der Waals surface area contributed by atoms with Crippen molar-refractivity contribution in [2.24, 2.45) is 0 Å². The molecule has 0 radical (unpaired) electrons. The molecule has 2 atom stereocenters. The monoisotopic (exact) mass is 336 g/mol. The van der Waals surface area contributed by atoms with Crippen LogP contribution in [0.4, 0.5) is 10.3 Å². The second kappa shape index (κ2) is 6.31. The van der Waals surface area contributed by atoms with Crippen molar-refractivity contribution >= 4 is 5.95 Å². The zero-order valence-corrected chi connectivity index (χ0v) is 14.4. The van der Waals surface area contributed by atoms with Crippen LogP contribution >= 0.6 is 0 Å². The first-order chi connectivity index (χ1) is 12.1. The molecule has 2 heterocycles. The Morgan fingerprint density at radius 2 is 1.72 bits per heavy atom. The van der Waals surface area contributed by atoms with E-state index >= 15 is 0 Å². The van der Waals surface area contributed by atoms with Gasteiger partial charge in [-0.25, -0.2) is 9.07 Å². The summed E-state index contributed by atoms with van der Waals surface area (Å²) in [7, 11) is 0. The van der Waals surface area contributed by atoms with E-state index in [9.17, 15) is 4.39 Å². The molecule has 1 N–H and O–H groups in total. The van der Waals surface area contributed by atoms with Gasteiger partial charge in [0.05, 0.1) is 12.1 Å². The number of anilines is 1. The van der Waals surface area contributed by atoms with Crippen LogP contribution in [0.25, 0.3) is 0 Å². The lowest BCUT2D eigenvalue weighted by Crippen LogP contribution is -2.28. The summed E-state index contributed by atoms with van der Waals surface area (Å²) >= 11 is 0. The summed E-state index contributed by atoms with van der Waals surface area (Å²) in [5.41, 5.74) is 3.59. The lowest BCUT2D eigenvalue weighted by molar-refractivity contribution is 0.430. The van der Waals surface area contributed by atoms with Crippen LogP contribution in [0.5, 0.6) is 0 Å². The fraction of sp³-hybridized carbons (Fsp3) is 0.300. The minimum absolute atomic E-state index is 0.0760. The van der Waals surface area contributed by atoms with E-state index in [2.05, 4.69) is 53.5 Å². The summed E-state index contributed by atoms with van der Waals surface area (Å²) < 4.78 is 15.2. The van der Waals surface area contributed by atoms with Crippen LogP contribution in [-0.2, 0) is 0 Å². The lowest BCUT2D eigenvalue weighted by atomic mass is 9.92. The second-order valence-electron chi connectivity index (χ2n) is 6.85. The summed E-state index contributed by atoms with van der Waals surface area (Å²) in [5, 5.41) is 7.81. The van der Waals surface area contributed by atoms with E-state index in [-0.39, 0.29) is 17.9 Å². The first-order valence-corrected chi connectivity index (χ1v) is 8.63. The third-order valence-corrected chi connectivity index (χ3v) is 4.89. The Kier molecular flexibility index (Phi) is 3.99. The smallest absolute Gasteiger partial charge is 0.222 e. The van der Waals surface area contributed by atoms with Crippen molar-refractivity contribution in [3.05, 3.63) is 77.4 Å². The topological polar surface area (TPSA) is 42.7 Å². The van der Waals surface area contributed by atoms with Crippen LogP contribution in [0.3, 0.4) is 0 Å². The fourth-order valence-corrected chi connectivity index (χ4v) is 3.41. The summed E-state index contributed by atoms with van der Waals surface area (Å²) in [4.78, 5) is 4.34. The van der Waals surface area contributed by atoms with Crippen molar-refractivity contribution in [1.29, 1.82) is 0 Å². The van der Waals surface area contributed by atoms with Gasteiger partial charge in [-0.15, -0.1) is 0 Å². The van der Waals surface area contributed by atoms with Gasteiger partial charge < -0.3 is 5.32 Å². The highest BCUT2D eigenvalue weighted by molar-refractivity contribution is 5.38. The highest BCUT2D eigenvalue weighted by atomic mass is 19.1. The summed E-state index contributed by atoms with van der Waals surface area (Å²) in [6, 6.07) is 15.6. The molecular formula is C20H21FN4. The van der Waals surface area contributed by atoms with Crippen LogP contribution in [0.15, 0.2) is 54.9 Å². The quantitative estimate of drug-likeness (QED) is 0.755. The van der Waals surface area contributed by atoms with Crippen molar-refractivity contribution in [2.75, 3.05) is 5.32 Å². The number of hydrogen-bond acceptors (Lipinski definition) is 3. The molecule has 0 spiro atoms. The third kappa shape index (κ3) is 3.02. The molecule has 3 aromatic rings. The van der Waals surface area contributed by atoms with E-state index in [1.807, 2.05) is 16.8 Å². The second-order valence-corrected chi connectivity index (χ2v) is 6.85. The zero-order valence-electron chi connectivity index (χ0n) is 14.4. The molecule has 1 aliphatic rings. The Morgan fingerprint density at radius 1 is 1.04 bits per heavy atom. The molecule has 2 unspecified atom stereocenters. The normalized spacial score (nSPS) is 19.5. The number of benzene rings is 2. The van der Waals surface area contributed by atoms with Crippen molar-refractivity contribution in [3.63, 3.8) is 0 Å². The van der Waals surface area contributed by atoms with Crippen LogP contribution in [-0.4, -0.2) is 14.8 Å². The average molecular weight is 336 g/mol. The van der Waals surface area contributed by atoms with E-state index in [0.29, 0.717) is 5.92 Å². The van der Waals surface area contributed by atoms with E-state index in [4.69, 9.17) is 0 Å². The molecule has 0 bridgehead atoms. The maximum atomic E-state index is 13.2. The van der Waals surface area contributed by atoms with Gasteiger partial charge in [-0.3, -0.25) is 0 Å². The largest absolute Gasteiger partial charge is 0.348 e. The zero-order chi connectivity index (χ0) is 17.4. The van der Waals surface area contributed by atoms with E-state index in [1.165, 1.54) is 23.3 Å². The standard InChI is InChI=1S/C20H21FN4/c1-13(2)14-3-5-16(6-4-14)19-11-18(15-7-9-17(21)10-8-15)24-20-22-12-23-25(19)20/h3-10,12-13,18-19H,11H2,1-2H3,(H,22,23,24). The van der Waals surface area contributed by atoms with E-state index < -0.39 is 0 Å². The molecule has 4 rings (SSSR count). The number of halogens is 1. The molecule has 1 aromatic heterocycles. The number of aromatic nitrogens is 3. The molecule has 4 nitrogen and oxygen atoms in total. The van der Waals surface area contributed by atoms with E-state index in [1.54, 1.807) is 6.33 Å². The molecular weight excluding hydrogens is 315 g/mol. The molecule has 5 heteroatoms. The Bertz CT molecular complexity index is 852. The highest BCUT2D eigenvalue weighted by Gasteiger charge is 2.29. The summed E-state index contributed by atoms with van der Waals surface area (Å²) in [6.07, 6.45) is 2.41. The van der Waals surface area contributed by atoms with Gasteiger partial charge >= 0.3 is 0 Å². The number of nitrogens with one attached hydrogen (secondary N) is 1. The van der Waals surface area contributed by atoms with Gasteiger partial charge in [0.1, 0.15) is 12.1 Å². The molecule has 0 aliphatic carbocycles. The molecule has 0 saturated carbocycles. The average Bonchev–Trinajstić information content (AvgIpc) is 3.10. The first kappa shape index (κ1) is 15.8. The van der Waals surface area contributed by atoms with Crippen LogP contribution in [0.1, 0.15) is 55.0 Å². The summed E-state index contributed by atoms with van der Waals surface area (Å²) in [6.45, 7) is 4.39. The van der Waals surface area contributed by atoms with Gasteiger partial charge in [0.2, 0.25) is 5.95 Å². The van der Waals surface area contributed by atoms with Gasteiger partial charge in [0.15, 0.2) is 0 Å². The van der Waals surface area contributed by atoms with Gasteiger partial charge in [-0.1, -0.05) is 50.2 Å². The minimum atomic E-state index is -0.219. The van der Waals surface area contributed by atoms with E-state index in [0.717, 1.165) is 17.9 Å². The summed E-state index contributed by atoms with van der Waals surface area (Å²) in [5.74, 6) is 1.04. The van der Waals surface area contributed by atoms with Gasteiger partial charge in [0, 0.05) is 0 Å². The molecule has 0 fully saturated rings. The van der Waals surface area contributed by atoms with Gasteiger partial charge in [-0.05, 0) is 41.2 Å². The molecule has 2 aromatic carbocycles. The number of rotatable bonds is 3. The SMILES string of the molecule is CC(C)c1ccc(C2CC(c3ccc(F)cc3)Nc3ncnn32)cc1. The number of nitrogens with zero attached hydrogens (tertiary/aromatic N) is 3. The third-order valence-electron chi connectivity index (χ3n) is 4.89. The van der Waals surface area contributed by atoms with Crippen molar-refractivity contribution < 1.29 is 4.39 Å². The minimum Gasteiger partial charge on any atom is -0.348 e. The predicted molar refractivity (Wildman–Crippen MR) is 96.1 cm³/mol. The molecule has 25 heavy (non-hydrogen) atoms.